The Labute approximate surface area is 100 Å². The fraction of sp³-hybridized carbons (Fsp3) is 0.545. The Kier molecular flexibility index (Phi) is 5.95. The monoisotopic (exact) mass is 238 g/mol. The van der Waals surface area contributed by atoms with Gasteiger partial charge in [-0.25, -0.2) is 0 Å². The fourth-order valence-electron chi connectivity index (χ4n) is 1.25. The lowest BCUT2D eigenvalue weighted by molar-refractivity contribution is 0.0950. The van der Waals surface area contributed by atoms with Gasteiger partial charge in [-0.05, 0) is 31.9 Å². The summed E-state index contributed by atoms with van der Waals surface area (Å²) < 4.78 is 0. The van der Waals surface area contributed by atoms with Crippen LogP contribution in [0.15, 0.2) is 12.1 Å². The molecule has 1 rings (SSSR count). The van der Waals surface area contributed by atoms with E-state index in [2.05, 4.69) is 20.8 Å². The van der Waals surface area contributed by atoms with Crippen molar-refractivity contribution in [1.82, 2.24) is 15.5 Å². The molecule has 0 spiro atoms. The Hall–Kier alpha value is -1.69. The van der Waals surface area contributed by atoms with Crippen molar-refractivity contribution in [3.63, 3.8) is 0 Å². The van der Waals surface area contributed by atoms with Gasteiger partial charge in [-0.1, -0.05) is 0 Å². The number of aromatic nitrogens is 2. The van der Waals surface area contributed by atoms with Crippen molar-refractivity contribution in [2.75, 3.05) is 25.0 Å². The molecule has 0 radical (unpaired) electrons. The van der Waals surface area contributed by atoms with Gasteiger partial charge in [0.25, 0.3) is 5.91 Å². The third kappa shape index (κ3) is 4.78. The number of nitrogens with zero attached hydrogens (tertiary/aromatic N) is 2. The molecule has 0 bridgehead atoms. The first-order valence-electron chi connectivity index (χ1n) is 5.74. The smallest absolute Gasteiger partial charge is 0.271 e. The molecule has 0 aliphatic carbocycles. The molecule has 1 aromatic heterocycles. The zero-order chi connectivity index (χ0) is 12.5. The van der Waals surface area contributed by atoms with E-state index in [4.69, 9.17) is 5.11 Å². The van der Waals surface area contributed by atoms with Crippen LogP contribution in [-0.4, -0.2) is 40.9 Å². The summed E-state index contributed by atoms with van der Waals surface area (Å²) in [6.45, 7) is 3.35. The molecule has 0 saturated heterocycles. The normalized spacial score (nSPS) is 10.0. The summed E-state index contributed by atoms with van der Waals surface area (Å²) in [5, 5.41) is 22.0. The van der Waals surface area contributed by atoms with E-state index in [9.17, 15) is 4.79 Å². The molecule has 0 aliphatic heterocycles. The number of amides is 1. The van der Waals surface area contributed by atoms with E-state index < -0.39 is 0 Å². The van der Waals surface area contributed by atoms with Gasteiger partial charge in [-0.2, -0.15) is 0 Å². The number of carbonyl (C=O) groups is 1. The van der Waals surface area contributed by atoms with Gasteiger partial charge in [0, 0.05) is 19.7 Å². The minimum Gasteiger partial charge on any atom is -0.396 e. The van der Waals surface area contributed by atoms with Crippen LogP contribution in [0.1, 0.15) is 30.3 Å². The number of rotatable bonds is 7. The van der Waals surface area contributed by atoms with Crippen LogP contribution in [0.2, 0.25) is 0 Å². The highest BCUT2D eigenvalue weighted by Gasteiger charge is 2.05. The summed E-state index contributed by atoms with van der Waals surface area (Å²) in [6, 6.07) is 3.35. The van der Waals surface area contributed by atoms with Crippen molar-refractivity contribution in [3.8, 4) is 0 Å². The lowest BCUT2D eigenvalue weighted by Crippen LogP contribution is -2.24. The lowest BCUT2D eigenvalue weighted by Gasteiger charge is -2.05. The maximum Gasteiger partial charge on any atom is 0.271 e. The molecule has 3 N–H and O–H groups in total. The summed E-state index contributed by atoms with van der Waals surface area (Å²) >= 11 is 0. The predicted molar refractivity (Wildman–Crippen MR) is 64.8 cm³/mol. The number of carbonyl (C=O) groups excluding carboxylic acids is 1. The molecule has 1 heterocycles. The Morgan fingerprint density at radius 3 is 2.76 bits per heavy atom. The third-order valence-electron chi connectivity index (χ3n) is 2.13. The van der Waals surface area contributed by atoms with E-state index in [1.54, 1.807) is 12.1 Å². The standard InChI is InChI=1S/C11H18N4O2/c1-2-12-11(17)9-5-6-10(15-14-9)13-7-3-4-8-16/h5-6,16H,2-4,7-8H2,1H3,(H,12,17)(H,13,15). The number of anilines is 1. The first-order valence-corrected chi connectivity index (χ1v) is 5.74. The van der Waals surface area contributed by atoms with Crippen LogP contribution in [0, 0.1) is 0 Å². The highest BCUT2D eigenvalue weighted by molar-refractivity contribution is 5.92. The molecule has 0 unspecified atom stereocenters. The molecule has 0 saturated carbocycles. The van der Waals surface area contributed by atoms with E-state index >= 15 is 0 Å². The molecule has 0 aliphatic rings. The first-order chi connectivity index (χ1) is 8.27. The average molecular weight is 238 g/mol. The van der Waals surface area contributed by atoms with Crippen LogP contribution < -0.4 is 10.6 Å². The zero-order valence-electron chi connectivity index (χ0n) is 9.94. The van der Waals surface area contributed by atoms with Crippen LogP contribution in [-0.2, 0) is 0 Å². The van der Waals surface area contributed by atoms with Crippen molar-refractivity contribution >= 4 is 11.7 Å². The number of aliphatic hydroxyl groups excluding tert-OH is 1. The molecule has 17 heavy (non-hydrogen) atoms. The molecule has 94 valence electrons. The van der Waals surface area contributed by atoms with Crippen molar-refractivity contribution in [2.24, 2.45) is 0 Å². The van der Waals surface area contributed by atoms with Gasteiger partial charge in [0.05, 0.1) is 0 Å². The van der Waals surface area contributed by atoms with Gasteiger partial charge < -0.3 is 15.7 Å². The SMILES string of the molecule is CCNC(=O)c1ccc(NCCCCO)nn1. The largest absolute Gasteiger partial charge is 0.396 e. The second-order valence-electron chi connectivity index (χ2n) is 3.52. The average Bonchev–Trinajstić information content (AvgIpc) is 2.36. The Morgan fingerprint density at radius 2 is 2.18 bits per heavy atom. The van der Waals surface area contributed by atoms with Gasteiger partial charge in [-0.15, -0.1) is 10.2 Å². The highest BCUT2D eigenvalue weighted by Crippen LogP contribution is 2.02. The van der Waals surface area contributed by atoms with Gasteiger partial charge in [0.15, 0.2) is 5.69 Å². The van der Waals surface area contributed by atoms with E-state index in [1.807, 2.05) is 6.92 Å². The molecular weight excluding hydrogens is 220 g/mol. The zero-order valence-corrected chi connectivity index (χ0v) is 9.94. The second-order valence-corrected chi connectivity index (χ2v) is 3.52. The minimum absolute atomic E-state index is 0.198. The van der Waals surface area contributed by atoms with E-state index in [0.717, 1.165) is 19.4 Å². The molecule has 1 amide bonds. The van der Waals surface area contributed by atoms with Crippen molar-refractivity contribution in [1.29, 1.82) is 0 Å². The van der Waals surface area contributed by atoms with Gasteiger partial charge in [0.1, 0.15) is 5.82 Å². The third-order valence-corrected chi connectivity index (χ3v) is 2.13. The van der Waals surface area contributed by atoms with Gasteiger partial charge >= 0.3 is 0 Å². The second kappa shape index (κ2) is 7.56. The summed E-state index contributed by atoms with van der Waals surface area (Å²) in [6.07, 6.45) is 1.63. The Balaban J connectivity index is 2.42. The number of aliphatic hydroxyl groups is 1. The molecule has 0 aromatic carbocycles. The summed E-state index contributed by atoms with van der Waals surface area (Å²) in [4.78, 5) is 11.4. The fourth-order valence-corrected chi connectivity index (χ4v) is 1.25. The van der Waals surface area contributed by atoms with Crippen LogP contribution in [0.4, 0.5) is 5.82 Å². The van der Waals surface area contributed by atoms with E-state index in [0.29, 0.717) is 18.1 Å². The topological polar surface area (TPSA) is 87.1 Å². The van der Waals surface area contributed by atoms with Crippen LogP contribution >= 0.6 is 0 Å². The van der Waals surface area contributed by atoms with Crippen LogP contribution in [0.25, 0.3) is 0 Å². The van der Waals surface area contributed by atoms with Crippen molar-refractivity contribution < 1.29 is 9.90 Å². The molecule has 6 heteroatoms. The lowest BCUT2D eigenvalue weighted by atomic mass is 10.3. The van der Waals surface area contributed by atoms with E-state index in [1.165, 1.54) is 0 Å². The van der Waals surface area contributed by atoms with Crippen molar-refractivity contribution in [2.45, 2.75) is 19.8 Å². The molecule has 0 fully saturated rings. The van der Waals surface area contributed by atoms with Crippen LogP contribution in [0.3, 0.4) is 0 Å². The van der Waals surface area contributed by atoms with Gasteiger partial charge in [-0.3, -0.25) is 4.79 Å². The number of nitrogens with one attached hydrogen (secondary N) is 2. The molecular formula is C11H18N4O2. The summed E-state index contributed by atoms with van der Waals surface area (Å²) in [5.74, 6) is 0.419. The Bertz CT molecular complexity index is 340. The maximum atomic E-state index is 11.4. The molecule has 1 aromatic rings. The molecule has 6 nitrogen and oxygen atoms in total. The molecule has 0 atom stereocenters. The predicted octanol–water partition coefficient (Wildman–Crippen LogP) is 0.411. The highest BCUT2D eigenvalue weighted by atomic mass is 16.2. The first kappa shape index (κ1) is 13.4. The van der Waals surface area contributed by atoms with E-state index in [-0.39, 0.29) is 12.5 Å². The minimum atomic E-state index is -0.216. The van der Waals surface area contributed by atoms with Crippen LogP contribution in [0.5, 0.6) is 0 Å². The number of hydrogen-bond acceptors (Lipinski definition) is 5. The number of hydrogen-bond donors (Lipinski definition) is 3. The summed E-state index contributed by atoms with van der Waals surface area (Å²) in [7, 11) is 0. The Morgan fingerprint density at radius 1 is 1.35 bits per heavy atom. The van der Waals surface area contributed by atoms with Crippen molar-refractivity contribution in [3.05, 3.63) is 17.8 Å². The summed E-state index contributed by atoms with van der Waals surface area (Å²) in [5.41, 5.74) is 0.313. The van der Waals surface area contributed by atoms with Gasteiger partial charge in [0.2, 0.25) is 0 Å². The quantitative estimate of drug-likeness (QED) is 0.599. The number of unbranched alkanes of at least 4 members (excludes halogenated alkanes) is 1. The maximum absolute atomic E-state index is 11.4.